The van der Waals surface area contributed by atoms with Crippen molar-refractivity contribution in [3.05, 3.63) is 28.0 Å². The van der Waals surface area contributed by atoms with Crippen molar-refractivity contribution in [2.24, 2.45) is 0 Å². The summed E-state index contributed by atoms with van der Waals surface area (Å²) in [6.45, 7) is 3.87. The zero-order valence-corrected chi connectivity index (χ0v) is 13.0. The predicted octanol–water partition coefficient (Wildman–Crippen LogP) is 2.95. The summed E-state index contributed by atoms with van der Waals surface area (Å²) in [4.78, 5) is 11.8. The van der Waals surface area contributed by atoms with Crippen molar-refractivity contribution in [3.63, 3.8) is 0 Å². The van der Waals surface area contributed by atoms with Gasteiger partial charge in [0.1, 0.15) is 16.5 Å². The Bertz CT molecular complexity index is 845. The molecule has 21 heavy (non-hydrogen) atoms. The van der Waals surface area contributed by atoms with E-state index in [-0.39, 0.29) is 0 Å². The van der Waals surface area contributed by atoms with Crippen LogP contribution in [0.3, 0.4) is 0 Å². The molecule has 0 radical (unpaired) electrons. The van der Waals surface area contributed by atoms with E-state index in [0.717, 1.165) is 40.4 Å². The average Bonchev–Trinajstić information content (AvgIpc) is 2.97. The third-order valence-corrected chi connectivity index (χ3v) is 5.15. The van der Waals surface area contributed by atoms with Crippen molar-refractivity contribution >= 4 is 27.4 Å². The van der Waals surface area contributed by atoms with Gasteiger partial charge >= 0.3 is 0 Å². The van der Waals surface area contributed by atoms with E-state index in [1.54, 1.807) is 16.0 Å². The maximum absolute atomic E-state index is 6.10. The van der Waals surface area contributed by atoms with Crippen LogP contribution in [0.25, 0.3) is 16.0 Å². The molecule has 3 aromatic rings. The van der Waals surface area contributed by atoms with E-state index in [1.807, 2.05) is 19.9 Å². The van der Waals surface area contributed by atoms with Crippen molar-refractivity contribution in [1.82, 2.24) is 19.7 Å². The molecule has 0 aliphatic heterocycles. The molecule has 5 nitrogen and oxygen atoms in total. The monoisotopic (exact) mass is 299 g/mol. The van der Waals surface area contributed by atoms with E-state index in [9.17, 15) is 0 Å². The van der Waals surface area contributed by atoms with Crippen LogP contribution in [0.4, 0.5) is 5.82 Å². The SMILES string of the molecule is Cc1cc(N)n(-c2nc(C)nc3sc4c(c23)CCCC4)n1. The first-order chi connectivity index (χ1) is 10.1. The van der Waals surface area contributed by atoms with Gasteiger partial charge in [-0.2, -0.15) is 9.78 Å². The Balaban J connectivity index is 2.07. The quantitative estimate of drug-likeness (QED) is 0.750. The Kier molecular flexibility index (Phi) is 2.75. The van der Waals surface area contributed by atoms with Crippen LogP contribution >= 0.6 is 11.3 Å². The third-order valence-electron chi connectivity index (χ3n) is 3.97. The smallest absolute Gasteiger partial charge is 0.168 e. The topological polar surface area (TPSA) is 69.6 Å². The summed E-state index contributed by atoms with van der Waals surface area (Å²) in [6.07, 6.45) is 4.77. The number of thiophene rings is 1. The Hall–Kier alpha value is -1.95. The molecular formula is C15H17N5S. The van der Waals surface area contributed by atoms with Gasteiger partial charge in [0.05, 0.1) is 11.1 Å². The van der Waals surface area contributed by atoms with Gasteiger partial charge in [0.25, 0.3) is 0 Å². The highest BCUT2D eigenvalue weighted by molar-refractivity contribution is 7.18. The van der Waals surface area contributed by atoms with Gasteiger partial charge < -0.3 is 5.73 Å². The maximum atomic E-state index is 6.10. The summed E-state index contributed by atoms with van der Waals surface area (Å²) in [5.41, 5.74) is 8.41. The Morgan fingerprint density at radius 1 is 1.19 bits per heavy atom. The number of aryl methyl sites for hydroxylation is 4. The summed E-state index contributed by atoms with van der Waals surface area (Å²) >= 11 is 1.80. The van der Waals surface area contributed by atoms with Crippen LogP contribution in [0.5, 0.6) is 0 Å². The first-order valence-corrected chi connectivity index (χ1v) is 8.06. The lowest BCUT2D eigenvalue weighted by atomic mass is 9.97. The summed E-state index contributed by atoms with van der Waals surface area (Å²) < 4.78 is 1.76. The van der Waals surface area contributed by atoms with Crippen molar-refractivity contribution in [2.75, 3.05) is 5.73 Å². The van der Waals surface area contributed by atoms with E-state index in [0.29, 0.717) is 5.82 Å². The van der Waals surface area contributed by atoms with Crippen LogP contribution in [-0.4, -0.2) is 19.7 Å². The summed E-state index contributed by atoms with van der Waals surface area (Å²) in [5, 5.41) is 5.65. The van der Waals surface area contributed by atoms with E-state index in [1.165, 1.54) is 23.3 Å². The van der Waals surface area contributed by atoms with Gasteiger partial charge in [-0.3, -0.25) is 0 Å². The number of hydrogen-bond acceptors (Lipinski definition) is 5. The minimum absolute atomic E-state index is 0.627. The summed E-state index contributed by atoms with van der Waals surface area (Å²) in [6, 6.07) is 1.88. The summed E-state index contributed by atoms with van der Waals surface area (Å²) in [5.74, 6) is 2.23. The lowest BCUT2D eigenvalue weighted by molar-refractivity contribution is 0.699. The highest BCUT2D eigenvalue weighted by Crippen LogP contribution is 2.38. The maximum Gasteiger partial charge on any atom is 0.168 e. The lowest BCUT2D eigenvalue weighted by Crippen LogP contribution is -2.08. The molecule has 0 fully saturated rings. The van der Waals surface area contributed by atoms with Gasteiger partial charge in [0.15, 0.2) is 5.82 Å². The normalized spacial score (nSPS) is 14.6. The number of rotatable bonds is 1. The van der Waals surface area contributed by atoms with Gasteiger partial charge in [-0.1, -0.05) is 0 Å². The standard InChI is InChI=1S/C15H17N5S/c1-8-7-12(16)20(19-8)14-13-10-5-3-4-6-11(10)21-15(13)18-9(2)17-14/h7H,3-6,16H2,1-2H3. The van der Waals surface area contributed by atoms with E-state index in [2.05, 4.69) is 15.1 Å². The molecule has 0 saturated carbocycles. The highest BCUT2D eigenvalue weighted by Gasteiger charge is 2.22. The molecule has 4 rings (SSSR count). The fraction of sp³-hybridized carbons (Fsp3) is 0.400. The van der Waals surface area contributed by atoms with Gasteiger partial charge in [0, 0.05) is 10.9 Å². The summed E-state index contributed by atoms with van der Waals surface area (Å²) in [7, 11) is 0. The molecule has 0 bridgehead atoms. The van der Waals surface area contributed by atoms with E-state index in [4.69, 9.17) is 5.73 Å². The van der Waals surface area contributed by atoms with Gasteiger partial charge in [-0.15, -0.1) is 11.3 Å². The molecule has 0 saturated heterocycles. The van der Waals surface area contributed by atoms with Crippen LogP contribution < -0.4 is 5.73 Å². The van der Waals surface area contributed by atoms with Crippen LogP contribution in [-0.2, 0) is 12.8 Å². The molecule has 1 aliphatic rings. The van der Waals surface area contributed by atoms with Crippen molar-refractivity contribution in [3.8, 4) is 5.82 Å². The number of aromatic nitrogens is 4. The van der Waals surface area contributed by atoms with Crippen molar-refractivity contribution in [2.45, 2.75) is 39.5 Å². The Morgan fingerprint density at radius 3 is 2.76 bits per heavy atom. The second-order valence-corrected chi connectivity index (χ2v) is 6.69. The molecular weight excluding hydrogens is 282 g/mol. The number of nitrogen functional groups attached to an aromatic ring is 1. The average molecular weight is 299 g/mol. The van der Waals surface area contributed by atoms with Gasteiger partial charge in [0.2, 0.25) is 0 Å². The highest BCUT2D eigenvalue weighted by atomic mass is 32.1. The van der Waals surface area contributed by atoms with Crippen LogP contribution in [0.1, 0.15) is 34.8 Å². The number of anilines is 1. The first-order valence-electron chi connectivity index (χ1n) is 7.25. The van der Waals surface area contributed by atoms with Crippen LogP contribution in [0.15, 0.2) is 6.07 Å². The van der Waals surface area contributed by atoms with Crippen LogP contribution in [0.2, 0.25) is 0 Å². The Labute approximate surface area is 126 Å². The molecule has 108 valence electrons. The molecule has 0 unspecified atom stereocenters. The largest absolute Gasteiger partial charge is 0.384 e. The van der Waals surface area contributed by atoms with Gasteiger partial charge in [-0.25, -0.2) is 9.97 Å². The molecule has 3 heterocycles. The molecule has 3 aromatic heterocycles. The Morgan fingerprint density at radius 2 is 2.00 bits per heavy atom. The molecule has 0 atom stereocenters. The molecule has 1 aliphatic carbocycles. The molecule has 0 spiro atoms. The number of fused-ring (bicyclic) bond motifs is 3. The van der Waals surface area contributed by atoms with E-state index < -0.39 is 0 Å². The zero-order valence-electron chi connectivity index (χ0n) is 12.2. The minimum atomic E-state index is 0.627. The number of hydrogen-bond donors (Lipinski definition) is 1. The predicted molar refractivity (Wildman–Crippen MR) is 85.1 cm³/mol. The van der Waals surface area contributed by atoms with E-state index >= 15 is 0 Å². The fourth-order valence-electron chi connectivity index (χ4n) is 3.08. The molecule has 0 amide bonds. The first kappa shape index (κ1) is 12.8. The molecule has 6 heteroatoms. The fourth-order valence-corrected chi connectivity index (χ4v) is 4.39. The second-order valence-electron chi connectivity index (χ2n) is 5.61. The minimum Gasteiger partial charge on any atom is -0.384 e. The number of nitrogens with zero attached hydrogens (tertiary/aromatic N) is 4. The zero-order chi connectivity index (χ0) is 14.6. The van der Waals surface area contributed by atoms with Crippen molar-refractivity contribution < 1.29 is 0 Å². The molecule has 0 aromatic carbocycles. The molecule has 2 N–H and O–H groups in total. The van der Waals surface area contributed by atoms with Crippen LogP contribution in [0, 0.1) is 13.8 Å². The van der Waals surface area contributed by atoms with Crippen molar-refractivity contribution in [1.29, 1.82) is 0 Å². The third kappa shape index (κ3) is 1.93. The second kappa shape index (κ2) is 4.53. The number of nitrogens with two attached hydrogens (primary N) is 1. The lowest BCUT2D eigenvalue weighted by Gasteiger charge is -2.12. The van der Waals surface area contributed by atoms with Gasteiger partial charge in [-0.05, 0) is 45.1 Å².